The number of nitrogens with zero attached hydrogens (tertiary/aromatic N) is 1. The van der Waals surface area contributed by atoms with E-state index in [1.807, 2.05) is 67.6 Å². The minimum absolute atomic E-state index is 0.126. The highest BCUT2D eigenvalue weighted by Gasteiger charge is 2.80. The summed E-state index contributed by atoms with van der Waals surface area (Å²) >= 11 is 0. The number of rotatable bonds is 5. The number of ketones is 1. The Bertz CT molecular complexity index is 1550. The average molecular weight is 530 g/mol. The molecule has 39 heavy (non-hydrogen) atoms. The Morgan fingerprint density at radius 1 is 0.769 bits per heavy atom. The molecule has 0 radical (unpaired) electrons. The molecule has 3 aromatic carbocycles. The summed E-state index contributed by atoms with van der Waals surface area (Å²) in [6.45, 7) is 3.67. The number of anilines is 1. The first-order valence-corrected chi connectivity index (χ1v) is 13.0. The van der Waals surface area contributed by atoms with Crippen molar-refractivity contribution in [3.8, 4) is 0 Å². The first-order valence-electron chi connectivity index (χ1n) is 13.0. The molecular weight excluding hydrogens is 503 g/mol. The lowest BCUT2D eigenvalue weighted by Crippen LogP contribution is -2.41. The smallest absolute Gasteiger partial charge is 0.298 e. The molecule has 7 heteroatoms. The lowest BCUT2D eigenvalue weighted by molar-refractivity contribution is -0.137. The van der Waals surface area contributed by atoms with Gasteiger partial charge in [0, 0.05) is 0 Å². The summed E-state index contributed by atoms with van der Waals surface area (Å²) < 4.78 is 40.6. The molecule has 2 fully saturated rings. The summed E-state index contributed by atoms with van der Waals surface area (Å²) in [6, 6.07) is 23.1. The summed E-state index contributed by atoms with van der Waals surface area (Å²) in [4.78, 5) is 43.8. The van der Waals surface area contributed by atoms with E-state index in [2.05, 4.69) is 0 Å². The van der Waals surface area contributed by atoms with Gasteiger partial charge in [0.1, 0.15) is 0 Å². The van der Waals surface area contributed by atoms with Crippen LogP contribution in [0.15, 0.2) is 84.9 Å². The predicted molar refractivity (Wildman–Crippen MR) is 141 cm³/mol. The van der Waals surface area contributed by atoms with E-state index in [1.165, 1.54) is 12.1 Å². The maximum atomic E-state index is 14.6. The number of fused-ring (bicyclic) bond motifs is 5. The Balaban J connectivity index is 1.62. The van der Waals surface area contributed by atoms with Crippen molar-refractivity contribution in [3.63, 3.8) is 0 Å². The Hall–Kier alpha value is -4.00. The fourth-order valence-corrected chi connectivity index (χ4v) is 7.43. The van der Waals surface area contributed by atoms with Crippen LogP contribution >= 0.6 is 0 Å². The molecule has 0 aromatic heterocycles. The molecule has 2 aliphatic carbocycles. The number of carbonyl (C=O) groups is 3. The van der Waals surface area contributed by atoms with Crippen molar-refractivity contribution in [1.29, 1.82) is 0 Å². The monoisotopic (exact) mass is 529 g/mol. The summed E-state index contributed by atoms with van der Waals surface area (Å²) in [5.41, 5.74) is -0.602. The highest BCUT2D eigenvalue weighted by atomic mass is 19.4. The van der Waals surface area contributed by atoms with E-state index in [9.17, 15) is 27.6 Å². The van der Waals surface area contributed by atoms with E-state index in [0.717, 1.165) is 39.3 Å². The molecule has 0 unspecified atom stereocenters. The van der Waals surface area contributed by atoms with Gasteiger partial charge in [0.25, 0.3) is 0 Å². The molecule has 2 bridgehead atoms. The molecule has 2 amide bonds. The molecular formula is C32H26F3NO3. The SMILES string of the molecule is CCC[C@@]12C(=O)[C@@](C)(C(c3ccccc3)=C1c1ccccc1)[C@H]1C(=O)N(c3cccc(C(F)(F)F)c3)C(=O)[C@@H]12. The van der Waals surface area contributed by atoms with Crippen LogP contribution in [0.1, 0.15) is 43.4 Å². The van der Waals surface area contributed by atoms with Crippen LogP contribution in [-0.4, -0.2) is 17.6 Å². The largest absolute Gasteiger partial charge is 0.416 e. The zero-order chi connectivity index (χ0) is 27.7. The van der Waals surface area contributed by atoms with E-state index in [4.69, 9.17) is 0 Å². The summed E-state index contributed by atoms with van der Waals surface area (Å²) in [5.74, 6) is -3.41. The molecule has 6 rings (SSSR count). The van der Waals surface area contributed by atoms with E-state index in [-0.39, 0.29) is 11.5 Å². The summed E-state index contributed by atoms with van der Waals surface area (Å²) in [6.07, 6.45) is -3.71. The first kappa shape index (κ1) is 25.3. The third-order valence-corrected chi connectivity index (χ3v) is 8.75. The molecule has 3 aliphatic rings. The second-order valence-corrected chi connectivity index (χ2v) is 10.8. The van der Waals surface area contributed by atoms with Crippen LogP contribution in [0.3, 0.4) is 0 Å². The van der Waals surface area contributed by atoms with Gasteiger partial charge in [-0.2, -0.15) is 13.2 Å². The maximum absolute atomic E-state index is 14.6. The Morgan fingerprint density at radius 2 is 1.33 bits per heavy atom. The number of hydrogen-bond acceptors (Lipinski definition) is 3. The number of Topliss-reactive ketones (excluding diaryl/α,β-unsaturated/α-hetero) is 1. The Morgan fingerprint density at radius 3 is 1.90 bits per heavy atom. The van der Waals surface area contributed by atoms with Crippen molar-refractivity contribution < 1.29 is 27.6 Å². The zero-order valence-electron chi connectivity index (χ0n) is 21.5. The normalized spacial score (nSPS) is 28.0. The molecule has 4 atom stereocenters. The molecule has 4 nitrogen and oxygen atoms in total. The minimum Gasteiger partial charge on any atom is -0.298 e. The highest BCUT2D eigenvalue weighted by Crippen LogP contribution is 2.75. The number of carbonyl (C=O) groups excluding carboxylic acids is 3. The van der Waals surface area contributed by atoms with Crippen LogP contribution in [-0.2, 0) is 20.6 Å². The van der Waals surface area contributed by atoms with Crippen molar-refractivity contribution in [2.75, 3.05) is 4.90 Å². The summed E-state index contributed by atoms with van der Waals surface area (Å²) in [7, 11) is 0. The number of benzene rings is 3. The lowest BCUT2D eigenvalue weighted by atomic mass is 9.61. The number of alkyl halides is 3. The van der Waals surface area contributed by atoms with Gasteiger partial charge in [0.15, 0.2) is 5.78 Å². The number of halogens is 3. The highest BCUT2D eigenvalue weighted by molar-refractivity contribution is 6.34. The van der Waals surface area contributed by atoms with Gasteiger partial charge in [0.05, 0.1) is 33.9 Å². The van der Waals surface area contributed by atoms with Gasteiger partial charge in [-0.1, -0.05) is 80.1 Å². The topological polar surface area (TPSA) is 54.5 Å². The molecule has 3 aromatic rings. The number of allylic oxidation sites excluding steroid dienone is 2. The third-order valence-electron chi connectivity index (χ3n) is 8.75. The van der Waals surface area contributed by atoms with E-state index >= 15 is 0 Å². The third kappa shape index (κ3) is 3.22. The van der Waals surface area contributed by atoms with Gasteiger partial charge >= 0.3 is 6.18 Å². The molecule has 1 saturated carbocycles. The molecule has 1 heterocycles. The second-order valence-electron chi connectivity index (χ2n) is 10.8. The summed E-state index contributed by atoms with van der Waals surface area (Å²) in [5, 5.41) is 0. The molecule has 1 aliphatic heterocycles. The fourth-order valence-electron chi connectivity index (χ4n) is 7.43. The van der Waals surface area contributed by atoms with E-state index in [0.29, 0.717) is 12.8 Å². The maximum Gasteiger partial charge on any atom is 0.416 e. The van der Waals surface area contributed by atoms with E-state index in [1.54, 1.807) is 6.92 Å². The number of imide groups is 1. The molecule has 198 valence electrons. The van der Waals surface area contributed by atoms with Gasteiger partial charge in [-0.3, -0.25) is 14.4 Å². The fraction of sp³-hybridized carbons (Fsp3) is 0.281. The second kappa shape index (κ2) is 8.50. The van der Waals surface area contributed by atoms with Gasteiger partial charge in [-0.15, -0.1) is 0 Å². The van der Waals surface area contributed by atoms with Crippen LogP contribution in [0.5, 0.6) is 0 Å². The van der Waals surface area contributed by atoms with Crippen LogP contribution in [0.2, 0.25) is 0 Å². The van der Waals surface area contributed by atoms with E-state index < -0.39 is 46.2 Å². The number of hydrogen-bond donors (Lipinski definition) is 0. The van der Waals surface area contributed by atoms with Crippen LogP contribution in [0.4, 0.5) is 18.9 Å². The van der Waals surface area contributed by atoms with Crippen molar-refractivity contribution in [3.05, 3.63) is 102 Å². The average Bonchev–Trinajstić information content (AvgIpc) is 3.39. The lowest BCUT2D eigenvalue weighted by Gasteiger charge is -2.37. The van der Waals surface area contributed by atoms with Crippen LogP contribution in [0.25, 0.3) is 11.1 Å². The van der Waals surface area contributed by atoms with Crippen molar-refractivity contribution in [2.45, 2.75) is 32.9 Å². The van der Waals surface area contributed by atoms with Crippen molar-refractivity contribution in [1.82, 2.24) is 0 Å². The number of amides is 2. The van der Waals surface area contributed by atoms with Crippen molar-refractivity contribution >= 4 is 34.4 Å². The molecule has 0 N–H and O–H groups in total. The standard InChI is InChI=1S/C32H26F3NO3/c1-3-17-31-24(20-13-8-5-9-14-20)23(19-11-6-4-7-12-19)30(2,29(31)39)25-26(31)28(38)36(27(25)37)22-16-10-15-21(18-22)32(33,34)35/h4-16,18,25-26H,3,17H2,1-2H3/t25-,26-,30+,31-/m1/s1. The first-order chi connectivity index (χ1) is 18.6. The quantitative estimate of drug-likeness (QED) is 0.341. The van der Waals surface area contributed by atoms with Gasteiger partial charge < -0.3 is 0 Å². The van der Waals surface area contributed by atoms with Gasteiger partial charge in [0.2, 0.25) is 11.8 Å². The van der Waals surface area contributed by atoms with Crippen molar-refractivity contribution in [2.24, 2.45) is 22.7 Å². The van der Waals surface area contributed by atoms with Gasteiger partial charge in [-0.25, -0.2) is 4.90 Å². The Labute approximate surface area is 224 Å². The predicted octanol–water partition coefficient (Wildman–Crippen LogP) is 6.81. The van der Waals surface area contributed by atoms with Crippen LogP contribution < -0.4 is 4.90 Å². The molecule has 0 spiro atoms. The Kier molecular flexibility index (Phi) is 5.51. The zero-order valence-corrected chi connectivity index (χ0v) is 21.5. The minimum atomic E-state index is -4.63. The van der Waals surface area contributed by atoms with Gasteiger partial charge in [-0.05, 0) is 53.8 Å². The molecule has 1 saturated heterocycles. The van der Waals surface area contributed by atoms with Crippen LogP contribution in [0, 0.1) is 22.7 Å².